The quantitative estimate of drug-likeness (QED) is 0.459. The van der Waals surface area contributed by atoms with Gasteiger partial charge in [0.25, 0.3) is 0 Å². The molecule has 2 rings (SSSR count). The van der Waals surface area contributed by atoms with Crippen molar-refractivity contribution >= 4 is 58.1 Å². The Kier molecular flexibility index (Phi) is 4.96. The summed E-state index contributed by atoms with van der Waals surface area (Å²) in [4.78, 5) is 0. The maximum Gasteiger partial charge on any atom is 0.0998 e. The van der Waals surface area contributed by atoms with E-state index in [4.69, 9.17) is 46.4 Å². The molecule has 0 aromatic heterocycles. The van der Waals surface area contributed by atoms with Gasteiger partial charge in [-0.05, 0) is 30.3 Å². The average molecular weight is 343 g/mol. The Morgan fingerprint density at radius 1 is 0.950 bits per heavy atom. The Morgan fingerprint density at radius 3 is 2.15 bits per heavy atom. The minimum Gasteiger partial charge on any atom is -0.192 e. The molecule has 0 aliphatic rings. The van der Waals surface area contributed by atoms with E-state index in [1.54, 1.807) is 42.5 Å². The Labute approximate surface area is 136 Å². The van der Waals surface area contributed by atoms with Crippen molar-refractivity contribution in [3.05, 3.63) is 67.6 Å². The van der Waals surface area contributed by atoms with Crippen LogP contribution < -0.4 is 0 Å². The normalized spacial score (nSPS) is 11.2. The standard InChI is InChI=1S/C15H7Cl4N/c16-10-4-5-11(15(19)7-10)9(8-20)6-12-13(17)2-1-3-14(12)18/h1-7H/b9-6+. The van der Waals surface area contributed by atoms with Crippen molar-refractivity contribution in [1.82, 2.24) is 0 Å². The van der Waals surface area contributed by atoms with Gasteiger partial charge in [0, 0.05) is 26.2 Å². The molecule has 0 N–H and O–H groups in total. The third kappa shape index (κ3) is 3.29. The van der Waals surface area contributed by atoms with Crippen molar-refractivity contribution in [2.75, 3.05) is 0 Å². The van der Waals surface area contributed by atoms with Gasteiger partial charge in [-0.25, -0.2) is 0 Å². The first-order valence-electron chi connectivity index (χ1n) is 5.54. The van der Waals surface area contributed by atoms with E-state index in [-0.39, 0.29) is 0 Å². The highest BCUT2D eigenvalue weighted by Gasteiger charge is 2.10. The number of benzene rings is 2. The first-order chi connectivity index (χ1) is 9.52. The van der Waals surface area contributed by atoms with E-state index in [9.17, 15) is 5.26 Å². The maximum absolute atomic E-state index is 9.32. The van der Waals surface area contributed by atoms with Crippen molar-refractivity contribution in [3.63, 3.8) is 0 Å². The zero-order chi connectivity index (χ0) is 14.7. The number of nitriles is 1. The molecule has 0 unspecified atom stereocenters. The fourth-order valence-corrected chi connectivity index (χ4v) is 2.69. The van der Waals surface area contributed by atoms with E-state index in [1.165, 1.54) is 0 Å². The number of allylic oxidation sites excluding steroid dienone is 1. The van der Waals surface area contributed by atoms with Crippen molar-refractivity contribution < 1.29 is 0 Å². The molecule has 0 spiro atoms. The lowest BCUT2D eigenvalue weighted by molar-refractivity contribution is 1.52. The largest absolute Gasteiger partial charge is 0.192 e. The lowest BCUT2D eigenvalue weighted by Crippen LogP contribution is -1.86. The van der Waals surface area contributed by atoms with Gasteiger partial charge >= 0.3 is 0 Å². The fourth-order valence-electron chi connectivity index (χ4n) is 1.67. The molecule has 0 amide bonds. The lowest BCUT2D eigenvalue weighted by atomic mass is 10.0. The van der Waals surface area contributed by atoms with Gasteiger partial charge in [-0.2, -0.15) is 5.26 Å². The van der Waals surface area contributed by atoms with Crippen molar-refractivity contribution in [3.8, 4) is 6.07 Å². The molecular weight excluding hydrogens is 336 g/mol. The van der Waals surface area contributed by atoms with Crippen LogP contribution in [0.5, 0.6) is 0 Å². The van der Waals surface area contributed by atoms with Gasteiger partial charge < -0.3 is 0 Å². The summed E-state index contributed by atoms with van der Waals surface area (Å²) in [6, 6.07) is 12.2. The summed E-state index contributed by atoms with van der Waals surface area (Å²) in [5.74, 6) is 0. The third-order valence-electron chi connectivity index (χ3n) is 2.63. The van der Waals surface area contributed by atoms with Crippen LogP contribution in [0.15, 0.2) is 36.4 Å². The summed E-state index contributed by atoms with van der Waals surface area (Å²) < 4.78 is 0. The highest BCUT2D eigenvalue weighted by Crippen LogP contribution is 2.32. The lowest BCUT2D eigenvalue weighted by Gasteiger charge is -2.06. The molecule has 0 radical (unpaired) electrons. The molecule has 0 saturated heterocycles. The van der Waals surface area contributed by atoms with Crippen LogP contribution in [-0.4, -0.2) is 0 Å². The number of hydrogen-bond acceptors (Lipinski definition) is 1. The Bertz CT molecular complexity index is 709. The Hall–Kier alpha value is -1.17. The molecule has 0 bridgehead atoms. The van der Waals surface area contributed by atoms with Crippen LogP contribution in [0, 0.1) is 11.3 Å². The zero-order valence-electron chi connectivity index (χ0n) is 10.0. The van der Waals surface area contributed by atoms with Gasteiger partial charge in [0.05, 0.1) is 16.7 Å². The minimum atomic E-state index is 0.363. The van der Waals surface area contributed by atoms with Gasteiger partial charge in [0.1, 0.15) is 0 Å². The van der Waals surface area contributed by atoms with Gasteiger partial charge in [-0.1, -0.05) is 58.5 Å². The van der Waals surface area contributed by atoms with Gasteiger partial charge in [0.2, 0.25) is 0 Å². The highest BCUT2D eigenvalue weighted by atomic mass is 35.5. The molecule has 20 heavy (non-hydrogen) atoms. The number of nitrogens with zero attached hydrogens (tertiary/aromatic N) is 1. The molecular formula is C15H7Cl4N. The van der Waals surface area contributed by atoms with Crippen molar-refractivity contribution in [2.45, 2.75) is 0 Å². The van der Waals surface area contributed by atoms with E-state index < -0.39 is 0 Å². The molecule has 5 heteroatoms. The van der Waals surface area contributed by atoms with E-state index in [0.717, 1.165) is 0 Å². The molecule has 0 saturated carbocycles. The van der Waals surface area contributed by atoms with Crippen LogP contribution in [0.3, 0.4) is 0 Å². The zero-order valence-corrected chi connectivity index (χ0v) is 13.0. The number of halogens is 4. The molecule has 1 nitrogen and oxygen atoms in total. The van der Waals surface area contributed by atoms with Crippen LogP contribution in [0.2, 0.25) is 20.1 Å². The highest BCUT2D eigenvalue weighted by molar-refractivity contribution is 6.38. The van der Waals surface area contributed by atoms with Crippen molar-refractivity contribution in [1.29, 1.82) is 5.26 Å². The summed E-state index contributed by atoms with van der Waals surface area (Å²) >= 11 is 24.1. The summed E-state index contributed by atoms with van der Waals surface area (Å²) in [7, 11) is 0. The summed E-state index contributed by atoms with van der Waals surface area (Å²) in [5, 5.41) is 11.2. The first-order valence-corrected chi connectivity index (χ1v) is 7.05. The second-order valence-corrected chi connectivity index (χ2v) is 5.59. The topological polar surface area (TPSA) is 23.8 Å². The molecule has 0 atom stereocenters. The van der Waals surface area contributed by atoms with Crippen molar-refractivity contribution in [2.24, 2.45) is 0 Å². The van der Waals surface area contributed by atoms with Crippen LogP contribution in [0.25, 0.3) is 11.6 Å². The maximum atomic E-state index is 9.32. The molecule has 0 aliphatic carbocycles. The van der Waals surface area contributed by atoms with Gasteiger partial charge in [-0.15, -0.1) is 0 Å². The number of rotatable bonds is 2. The second-order valence-electron chi connectivity index (χ2n) is 3.93. The van der Waals surface area contributed by atoms with Gasteiger partial charge in [-0.3, -0.25) is 0 Å². The molecule has 2 aromatic carbocycles. The Morgan fingerprint density at radius 2 is 1.60 bits per heavy atom. The average Bonchev–Trinajstić information content (AvgIpc) is 2.40. The van der Waals surface area contributed by atoms with E-state index in [0.29, 0.717) is 36.8 Å². The summed E-state index contributed by atoms with van der Waals surface area (Å²) in [6.45, 7) is 0. The minimum absolute atomic E-state index is 0.363. The second kappa shape index (κ2) is 6.52. The van der Waals surface area contributed by atoms with E-state index in [1.807, 2.05) is 0 Å². The van der Waals surface area contributed by atoms with E-state index in [2.05, 4.69) is 6.07 Å². The van der Waals surface area contributed by atoms with Crippen LogP contribution in [-0.2, 0) is 0 Å². The molecule has 0 heterocycles. The van der Waals surface area contributed by atoms with Gasteiger partial charge in [0.15, 0.2) is 0 Å². The number of hydrogen-bond donors (Lipinski definition) is 0. The molecule has 2 aromatic rings. The fraction of sp³-hybridized carbons (Fsp3) is 0. The smallest absolute Gasteiger partial charge is 0.0998 e. The van der Waals surface area contributed by atoms with E-state index >= 15 is 0 Å². The predicted octanol–water partition coefficient (Wildman–Crippen LogP) is 6.36. The Balaban J connectivity index is 2.58. The van der Waals surface area contributed by atoms with Crippen LogP contribution in [0.1, 0.15) is 11.1 Å². The van der Waals surface area contributed by atoms with Crippen LogP contribution in [0.4, 0.5) is 0 Å². The first kappa shape index (κ1) is 15.2. The molecule has 100 valence electrons. The third-order valence-corrected chi connectivity index (χ3v) is 3.84. The van der Waals surface area contributed by atoms with Crippen LogP contribution >= 0.6 is 46.4 Å². The predicted molar refractivity (Wildman–Crippen MR) is 86.4 cm³/mol. The summed E-state index contributed by atoms with van der Waals surface area (Å²) in [5.41, 5.74) is 1.52. The summed E-state index contributed by atoms with van der Waals surface area (Å²) in [6.07, 6.45) is 1.61. The molecule has 0 aliphatic heterocycles. The molecule has 0 fully saturated rings. The SMILES string of the molecule is N#C/C(=C\c1c(Cl)cccc1Cl)c1ccc(Cl)cc1Cl. The monoisotopic (exact) mass is 341 g/mol.